The molecule has 0 atom stereocenters. The number of ether oxygens (including phenoxy) is 1. The van der Waals surface area contributed by atoms with Crippen LogP contribution in [0, 0.1) is 0 Å². The Hall–Kier alpha value is -1.69. The van der Waals surface area contributed by atoms with E-state index in [1.165, 1.54) is 21.6 Å². The van der Waals surface area contributed by atoms with Crippen molar-refractivity contribution in [2.24, 2.45) is 0 Å². The van der Waals surface area contributed by atoms with Gasteiger partial charge in [0.25, 0.3) is 5.91 Å². The van der Waals surface area contributed by atoms with Crippen LogP contribution in [0.5, 0.6) is 0 Å². The van der Waals surface area contributed by atoms with E-state index >= 15 is 0 Å². The zero-order chi connectivity index (χ0) is 16.9. The van der Waals surface area contributed by atoms with Crippen molar-refractivity contribution in [3.63, 3.8) is 0 Å². The standard InChI is InChI=1S/C20H22N2O2S/c23-19(22-12-15-3-1-2-4-16(15)13-22)17-11-14-5-10-24-20(18(14)25-17)6-8-21-9-7-20/h1-4,11,21H,5-10,12-13H2. The molecule has 1 aromatic carbocycles. The SMILES string of the molecule is O=C(c1cc2c(s1)C1(CCNCC1)OCC2)N1Cc2ccccc2C1. The van der Waals surface area contributed by atoms with Crippen molar-refractivity contribution in [2.75, 3.05) is 19.7 Å². The number of carbonyl (C=O) groups is 1. The summed E-state index contributed by atoms with van der Waals surface area (Å²) < 4.78 is 6.25. The Morgan fingerprint density at radius 3 is 2.56 bits per heavy atom. The number of carbonyl (C=O) groups excluding carboxylic acids is 1. The van der Waals surface area contributed by atoms with E-state index < -0.39 is 0 Å². The molecule has 5 rings (SSSR count). The van der Waals surface area contributed by atoms with Gasteiger partial charge < -0.3 is 15.0 Å². The van der Waals surface area contributed by atoms with Crippen molar-refractivity contribution in [1.82, 2.24) is 10.2 Å². The zero-order valence-corrected chi connectivity index (χ0v) is 15.0. The van der Waals surface area contributed by atoms with Crippen LogP contribution in [0.4, 0.5) is 0 Å². The van der Waals surface area contributed by atoms with Gasteiger partial charge in [-0.25, -0.2) is 0 Å². The molecule has 130 valence electrons. The number of rotatable bonds is 1. The summed E-state index contributed by atoms with van der Waals surface area (Å²) >= 11 is 1.67. The van der Waals surface area contributed by atoms with Crippen LogP contribution >= 0.6 is 11.3 Å². The Morgan fingerprint density at radius 1 is 1.12 bits per heavy atom. The van der Waals surface area contributed by atoms with Gasteiger partial charge in [-0.1, -0.05) is 24.3 Å². The molecule has 0 radical (unpaired) electrons. The van der Waals surface area contributed by atoms with E-state index in [2.05, 4.69) is 35.6 Å². The maximum Gasteiger partial charge on any atom is 0.264 e. The fourth-order valence-corrected chi connectivity index (χ4v) is 5.74. The quantitative estimate of drug-likeness (QED) is 0.856. The number of piperidine rings is 1. The van der Waals surface area contributed by atoms with Gasteiger partial charge in [-0.15, -0.1) is 11.3 Å². The highest BCUT2D eigenvalue weighted by molar-refractivity contribution is 7.14. The van der Waals surface area contributed by atoms with Crippen LogP contribution in [-0.2, 0) is 29.8 Å². The molecule has 0 unspecified atom stereocenters. The molecule has 25 heavy (non-hydrogen) atoms. The lowest BCUT2D eigenvalue weighted by Crippen LogP contribution is -2.43. The first-order valence-electron chi connectivity index (χ1n) is 9.09. The largest absolute Gasteiger partial charge is 0.369 e. The van der Waals surface area contributed by atoms with Gasteiger partial charge >= 0.3 is 0 Å². The average Bonchev–Trinajstić information content (AvgIpc) is 3.27. The summed E-state index contributed by atoms with van der Waals surface area (Å²) in [5.41, 5.74) is 3.72. The Labute approximate surface area is 151 Å². The number of amides is 1. The fraction of sp³-hybridized carbons (Fsp3) is 0.450. The molecule has 1 amide bonds. The first kappa shape index (κ1) is 15.6. The maximum absolute atomic E-state index is 13.1. The van der Waals surface area contributed by atoms with E-state index in [-0.39, 0.29) is 11.5 Å². The van der Waals surface area contributed by atoms with Crippen LogP contribution in [0.2, 0.25) is 0 Å². The van der Waals surface area contributed by atoms with Gasteiger partial charge in [-0.3, -0.25) is 4.79 Å². The second-order valence-corrected chi connectivity index (χ2v) is 8.29. The molecular formula is C20H22N2O2S. The summed E-state index contributed by atoms with van der Waals surface area (Å²) in [4.78, 5) is 17.2. The Balaban J connectivity index is 1.43. The summed E-state index contributed by atoms with van der Waals surface area (Å²) in [6, 6.07) is 10.5. The third-order valence-electron chi connectivity index (χ3n) is 5.72. The summed E-state index contributed by atoms with van der Waals surface area (Å²) in [5, 5.41) is 3.42. The fourth-order valence-electron chi connectivity index (χ4n) is 4.36. The number of benzene rings is 1. The Morgan fingerprint density at radius 2 is 1.84 bits per heavy atom. The molecule has 1 aromatic heterocycles. The highest BCUT2D eigenvalue weighted by atomic mass is 32.1. The van der Waals surface area contributed by atoms with Gasteiger partial charge in [0.2, 0.25) is 0 Å². The number of hydrogen-bond acceptors (Lipinski definition) is 4. The minimum absolute atomic E-state index is 0.157. The zero-order valence-electron chi connectivity index (χ0n) is 14.2. The molecule has 1 N–H and O–H groups in total. The highest BCUT2D eigenvalue weighted by Gasteiger charge is 2.41. The molecule has 3 aliphatic rings. The Bertz CT molecular complexity index is 798. The highest BCUT2D eigenvalue weighted by Crippen LogP contribution is 2.44. The number of nitrogens with zero attached hydrogens (tertiary/aromatic N) is 1. The van der Waals surface area contributed by atoms with Crippen molar-refractivity contribution >= 4 is 17.2 Å². The van der Waals surface area contributed by atoms with Gasteiger partial charge in [0, 0.05) is 18.0 Å². The summed E-state index contributed by atoms with van der Waals surface area (Å²) in [6.07, 6.45) is 2.93. The van der Waals surface area contributed by atoms with E-state index in [0.29, 0.717) is 0 Å². The van der Waals surface area contributed by atoms with Crippen molar-refractivity contribution in [3.05, 3.63) is 56.8 Å². The lowest BCUT2D eigenvalue weighted by atomic mass is 9.86. The van der Waals surface area contributed by atoms with E-state index in [1.807, 2.05) is 4.90 Å². The van der Waals surface area contributed by atoms with Crippen LogP contribution in [0.25, 0.3) is 0 Å². The first-order valence-corrected chi connectivity index (χ1v) is 9.91. The third kappa shape index (κ3) is 2.53. The van der Waals surface area contributed by atoms with Gasteiger partial charge in [0.1, 0.15) is 5.60 Å². The van der Waals surface area contributed by atoms with Crippen LogP contribution in [-0.4, -0.2) is 30.5 Å². The number of thiophene rings is 1. The third-order valence-corrected chi connectivity index (χ3v) is 7.07. The molecule has 2 aromatic rings. The molecule has 4 nitrogen and oxygen atoms in total. The predicted molar refractivity (Wildman–Crippen MR) is 97.8 cm³/mol. The molecule has 0 aliphatic carbocycles. The topological polar surface area (TPSA) is 41.6 Å². The molecule has 1 fully saturated rings. The number of nitrogens with one attached hydrogen (secondary N) is 1. The second kappa shape index (κ2) is 5.94. The van der Waals surface area contributed by atoms with Gasteiger partial charge in [0.05, 0.1) is 11.5 Å². The minimum Gasteiger partial charge on any atom is -0.369 e. The first-order chi connectivity index (χ1) is 12.3. The van der Waals surface area contributed by atoms with Crippen LogP contribution < -0.4 is 5.32 Å². The lowest BCUT2D eigenvalue weighted by Gasteiger charge is -2.40. The predicted octanol–water partition coefficient (Wildman–Crippen LogP) is 3.06. The van der Waals surface area contributed by atoms with E-state index in [1.54, 1.807) is 11.3 Å². The van der Waals surface area contributed by atoms with Crippen molar-refractivity contribution in [1.29, 1.82) is 0 Å². The van der Waals surface area contributed by atoms with Crippen molar-refractivity contribution < 1.29 is 9.53 Å². The van der Waals surface area contributed by atoms with Crippen molar-refractivity contribution in [2.45, 2.75) is 38.0 Å². The van der Waals surface area contributed by atoms with Gasteiger partial charge in [-0.05, 0) is 55.1 Å². The van der Waals surface area contributed by atoms with Crippen LogP contribution in [0.3, 0.4) is 0 Å². The minimum atomic E-state index is -0.157. The lowest BCUT2D eigenvalue weighted by molar-refractivity contribution is -0.0771. The smallest absolute Gasteiger partial charge is 0.264 e. The second-order valence-electron chi connectivity index (χ2n) is 7.24. The van der Waals surface area contributed by atoms with Crippen LogP contribution in [0.1, 0.15) is 44.1 Å². The van der Waals surface area contributed by atoms with E-state index in [9.17, 15) is 4.79 Å². The number of fused-ring (bicyclic) bond motifs is 3. The molecule has 3 aliphatic heterocycles. The van der Waals surface area contributed by atoms with Gasteiger partial charge in [0.15, 0.2) is 0 Å². The monoisotopic (exact) mass is 354 g/mol. The maximum atomic E-state index is 13.1. The van der Waals surface area contributed by atoms with Gasteiger partial charge in [-0.2, -0.15) is 0 Å². The molecular weight excluding hydrogens is 332 g/mol. The van der Waals surface area contributed by atoms with E-state index in [0.717, 1.165) is 56.9 Å². The molecule has 0 saturated carbocycles. The normalized spacial score (nSPS) is 21.2. The molecule has 5 heteroatoms. The summed E-state index contributed by atoms with van der Waals surface area (Å²) in [7, 11) is 0. The molecule has 0 bridgehead atoms. The summed E-state index contributed by atoms with van der Waals surface area (Å²) in [5.74, 6) is 0.166. The molecule has 4 heterocycles. The molecule has 1 saturated heterocycles. The van der Waals surface area contributed by atoms with E-state index in [4.69, 9.17) is 4.74 Å². The van der Waals surface area contributed by atoms with Crippen LogP contribution in [0.15, 0.2) is 30.3 Å². The summed E-state index contributed by atoms with van der Waals surface area (Å²) in [6.45, 7) is 4.20. The number of hydrogen-bond donors (Lipinski definition) is 1. The van der Waals surface area contributed by atoms with Crippen molar-refractivity contribution in [3.8, 4) is 0 Å². The average molecular weight is 354 g/mol. The molecule has 1 spiro atoms. The Kier molecular flexibility index (Phi) is 3.69.